The number of fused-ring (bicyclic) bond motifs is 1. The first kappa shape index (κ1) is 13.0. The largest absolute Gasteiger partial charge is 0.382 e. The molecule has 3 unspecified atom stereocenters. The molecule has 10 N–H and O–H groups in total. The van der Waals surface area contributed by atoms with Crippen molar-refractivity contribution < 1.29 is 50.3 Å². The van der Waals surface area contributed by atoms with E-state index in [1.807, 2.05) is 0 Å². The van der Waals surface area contributed by atoms with Gasteiger partial charge in [0.15, 0.2) is 11.6 Å². The number of ether oxygens (including phenoxy) is 2. The number of aliphatic hydroxyl groups is 8. The molecule has 2 rings (SSSR count). The maximum atomic E-state index is 9.58. The molecule has 17 heavy (non-hydrogen) atoms. The standard InChI is InChI=1S/C6H11NO10/c7-2-1(8)3(9,10)16-6(2,15)17-5(13,14)4(2,11)12/h1,8-15H,7H2. The van der Waals surface area contributed by atoms with Crippen LogP contribution in [0.3, 0.4) is 0 Å². The number of aliphatic hydroxyl groups excluding tert-OH is 1. The molecule has 0 aromatic carbocycles. The minimum atomic E-state index is -3.86. The second-order valence-electron chi connectivity index (χ2n) is 4.00. The highest BCUT2D eigenvalue weighted by Crippen LogP contribution is 2.55. The molecule has 2 saturated heterocycles. The summed E-state index contributed by atoms with van der Waals surface area (Å²) >= 11 is 0. The van der Waals surface area contributed by atoms with Gasteiger partial charge in [0.25, 0.3) is 5.79 Å². The summed E-state index contributed by atoms with van der Waals surface area (Å²) in [5, 5.41) is 74.1. The highest BCUT2D eigenvalue weighted by atomic mass is 17.0. The van der Waals surface area contributed by atoms with E-state index in [0.29, 0.717) is 0 Å². The Kier molecular flexibility index (Phi) is 2.11. The molecule has 0 saturated carbocycles. The highest BCUT2D eigenvalue weighted by molar-refractivity contribution is 5.21. The molecule has 2 aliphatic rings. The number of hydrogen-bond donors (Lipinski definition) is 9. The van der Waals surface area contributed by atoms with Gasteiger partial charge in [-0.2, -0.15) is 0 Å². The Morgan fingerprint density at radius 1 is 0.882 bits per heavy atom. The quantitative estimate of drug-likeness (QED) is 0.186. The minimum Gasteiger partial charge on any atom is -0.382 e. The van der Waals surface area contributed by atoms with Crippen LogP contribution in [0, 0.1) is 0 Å². The molecule has 0 radical (unpaired) electrons. The molecule has 11 heteroatoms. The molecule has 2 heterocycles. The van der Waals surface area contributed by atoms with Crippen molar-refractivity contribution in [3.05, 3.63) is 0 Å². The van der Waals surface area contributed by atoms with E-state index in [9.17, 15) is 20.4 Å². The Balaban J connectivity index is 2.62. The van der Waals surface area contributed by atoms with Gasteiger partial charge < -0.3 is 46.6 Å². The van der Waals surface area contributed by atoms with Crippen LogP contribution in [0.1, 0.15) is 0 Å². The SMILES string of the molecule is NC12C(O)C(O)(O)OC1(O)OC(O)(O)C2(O)O. The van der Waals surface area contributed by atoms with Crippen LogP contribution >= 0.6 is 0 Å². The summed E-state index contributed by atoms with van der Waals surface area (Å²) in [6.45, 7) is 0. The van der Waals surface area contributed by atoms with E-state index in [2.05, 4.69) is 9.47 Å². The molecule has 100 valence electrons. The Labute approximate surface area is 92.5 Å². The van der Waals surface area contributed by atoms with Crippen LogP contribution < -0.4 is 5.73 Å². The first-order valence-corrected chi connectivity index (χ1v) is 4.26. The molecular formula is C6H11NO10. The lowest BCUT2D eigenvalue weighted by Gasteiger charge is -2.37. The number of hydrogen-bond acceptors (Lipinski definition) is 11. The zero-order valence-corrected chi connectivity index (χ0v) is 8.05. The van der Waals surface area contributed by atoms with Crippen molar-refractivity contribution in [3.8, 4) is 0 Å². The van der Waals surface area contributed by atoms with Crippen molar-refractivity contribution in [2.45, 2.75) is 35.3 Å². The Bertz CT molecular complexity index is 368. The van der Waals surface area contributed by atoms with Crippen LogP contribution in [0.15, 0.2) is 0 Å². The third-order valence-electron chi connectivity index (χ3n) is 2.91. The molecule has 0 aliphatic carbocycles. The zero-order valence-electron chi connectivity index (χ0n) is 8.05. The van der Waals surface area contributed by atoms with E-state index in [4.69, 9.17) is 26.2 Å². The van der Waals surface area contributed by atoms with Crippen molar-refractivity contribution in [2.24, 2.45) is 5.73 Å². The summed E-state index contributed by atoms with van der Waals surface area (Å²) in [6, 6.07) is 0. The van der Waals surface area contributed by atoms with Crippen molar-refractivity contribution in [1.29, 1.82) is 0 Å². The molecule has 2 aliphatic heterocycles. The summed E-state index contributed by atoms with van der Waals surface area (Å²) in [7, 11) is 0. The second kappa shape index (κ2) is 2.76. The molecule has 0 amide bonds. The maximum absolute atomic E-state index is 9.58. The van der Waals surface area contributed by atoms with Gasteiger partial charge in [0.2, 0.25) is 0 Å². The number of nitrogens with two attached hydrogens (primary N) is 1. The predicted molar refractivity (Wildman–Crippen MR) is 41.6 cm³/mol. The van der Waals surface area contributed by atoms with Crippen molar-refractivity contribution in [1.82, 2.24) is 0 Å². The first-order valence-electron chi connectivity index (χ1n) is 4.26. The fourth-order valence-electron chi connectivity index (χ4n) is 1.86. The van der Waals surface area contributed by atoms with Crippen LogP contribution in [0.2, 0.25) is 0 Å². The summed E-state index contributed by atoms with van der Waals surface area (Å²) in [5.74, 6) is -14.6. The van der Waals surface area contributed by atoms with E-state index in [0.717, 1.165) is 0 Å². The second-order valence-corrected chi connectivity index (χ2v) is 4.00. The Morgan fingerprint density at radius 3 is 1.76 bits per heavy atom. The summed E-state index contributed by atoms with van der Waals surface area (Å²) in [5.41, 5.74) is 1.92. The van der Waals surface area contributed by atoms with Gasteiger partial charge in [-0.3, -0.25) is 9.47 Å². The summed E-state index contributed by atoms with van der Waals surface area (Å²) in [4.78, 5) is 0. The van der Waals surface area contributed by atoms with Crippen molar-refractivity contribution in [3.63, 3.8) is 0 Å². The van der Waals surface area contributed by atoms with E-state index in [1.54, 1.807) is 0 Å². The van der Waals surface area contributed by atoms with Crippen LogP contribution in [0.4, 0.5) is 0 Å². The van der Waals surface area contributed by atoms with Crippen molar-refractivity contribution >= 4 is 0 Å². The van der Waals surface area contributed by atoms with E-state index < -0.39 is 35.3 Å². The fourth-order valence-corrected chi connectivity index (χ4v) is 1.86. The Hall–Kier alpha value is -0.440. The van der Waals surface area contributed by atoms with Crippen LogP contribution in [-0.2, 0) is 9.47 Å². The number of rotatable bonds is 0. The van der Waals surface area contributed by atoms with Crippen molar-refractivity contribution in [2.75, 3.05) is 0 Å². The zero-order chi connectivity index (χ0) is 13.5. The average Bonchev–Trinajstić information content (AvgIpc) is 2.28. The van der Waals surface area contributed by atoms with E-state index >= 15 is 0 Å². The molecule has 11 nitrogen and oxygen atoms in total. The third-order valence-corrected chi connectivity index (χ3v) is 2.91. The molecule has 0 aromatic rings. The van der Waals surface area contributed by atoms with Gasteiger partial charge in [-0.05, 0) is 0 Å². The van der Waals surface area contributed by atoms with Gasteiger partial charge in [0.1, 0.15) is 0 Å². The molecule has 3 atom stereocenters. The molecule has 0 bridgehead atoms. The molecule has 0 spiro atoms. The van der Waals surface area contributed by atoms with Gasteiger partial charge in [-0.1, -0.05) is 0 Å². The molecular weight excluding hydrogens is 246 g/mol. The smallest absolute Gasteiger partial charge is 0.341 e. The highest BCUT2D eigenvalue weighted by Gasteiger charge is 2.89. The lowest BCUT2D eigenvalue weighted by molar-refractivity contribution is -0.512. The predicted octanol–water partition coefficient (Wildman–Crippen LogP) is -6.29. The van der Waals surface area contributed by atoms with E-state index in [1.165, 1.54) is 0 Å². The first-order chi connectivity index (χ1) is 7.32. The maximum Gasteiger partial charge on any atom is 0.341 e. The fraction of sp³-hybridized carbons (Fsp3) is 1.00. The summed E-state index contributed by atoms with van der Waals surface area (Å²) < 4.78 is 7.90. The summed E-state index contributed by atoms with van der Waals surface area (Å²) in [6.07, 6.45) is -2.73. The lowest BCUT2D eigenvalue weighted by Crippen LogP contribution is -2.75. The van der Waals surface area contributed by atoms with Crippen LogP contribution in [0.25, 0.3) is 0 Å². The lowest BCUT2D eigenvalue weighted by atomic mass is 9.83. The molecule has 2 fully saturated rings. The minimum absolute atomic E-state index is 2.73. The van der Waals surface area contributed by atoms with Gasteiger partial charge in [-0.15, -0.1) is 0 Å². The normalized spacial score (nSPS) is 50.3. The van der Waals surface area contributed by atoms with Gasteiger partial charge in [0.05, 0.1) is 0 Å². The molecule has 0 aromatic heterocycles. The van der Waals surface area contributed by atoms with Crippen LogP contribution in [0.5, 0.6) is 0 Å². The van der Waals surface area contributed by atoms with E-state index in [-0.39, 0.29) is 0 Å². The van der Waals surface area contributed by atoms with Gasteiger partial charge in [-0.25, -0.2) is 0 Å². The monoisotopic (exact) mass is 257 g/mol. The van der Waals surface area contributed by atoms with Crippen LogP contribution in [-0.4, -0.2) is 76.2 Å². The van der Waals surface area contributed by atoms with Gasteiger partial charge >= 0.3 is 17.9 Å². The Morgan fingerprint density at radius 2 is 1.35 bits per heavy atom. The van der Waals surface area contributed by atoms with Gasteiger partial charge in [0, 0.05) is 0 Å². The third kappa shape index (κ3) is 1.12. The average molecular weight is 257 g/mol. The topological polar surface area (TPSA) is 206 Å².